The Hall–Kier alpha value is -1.91. The summed E-state index contributed by atoms with van der Waals surface area (Å²) in [4.78, 5) is 24.5. The van der Waals surface area contributed by atoms with Crippen molar-refractivity contribution in [1.29, 1.82) is 0 Å². The summed E-state index contributed by atoms with van der Waals surface area (Å²) in [6.07, 6.45) is 0.631. The molecule has 0 spiro atoms. The maximum atomic E-state index is 12.5. The van der Waals surface area contributed by atoms with Gasteiger partial charge in [-0.1, -0.05) is 0 Å². The Labute approximate surface area is 133 Å². The maximum absolute atomic E-state index is 12.5. The molecule has 1 aromatic heterocycles. The first-order chi connectivity index (χ1) is 10.9. The molecular weight excluding hydrogens is 326 g/mol. The fraction of sp³-hybridized carbons (Fsp3) is 0.538. The second-order valence-corrected chi connectivity index (χ2v) is 7.26. The number of furan rings is 1. The number of cyclic esters (lactones) is 1. The Morgan fingerprint density at radius 2 is 1.91 bits per heavy atom. The molecule has 10 heteroatoms. The van der Waals surface area contributed by atoms with Crippen molar-refractivity contribution >= 4 is 21.9 Å². The van der Waals surface area contributed by atoms with Gasteiger partial charge in [0.05, 0.1) is 6.61 Å². The van der Waals surface area contributed by atoms with E-state index in [0.717, 1.165) is 0 Å². The van der Waals surface area contributed by atoms with Crippen LogP contribution in [0.1, 0.15) is 17.0 Å². The highest BCUT2D eigenvalue weighted by molar-refractivity contribution is 7.89. The predicted molar refractivity (Wildman–Crippen MR) is 76.9 cm³/mol. The van der Waals surface area contributed by atoms with E-state index in [0.29, 0.717) is 26.1 Å². The Balaban J connectivity index is 1.68. The Morgan fingerprint density at radius 1 is 1.22 bits per heavy atom. The number of esters is 1. The summed E-state index contributed by atoms with van der Waals surface area (Å²) in [5.41, 5.74) is 5.06. The summed E-state index contributed by atoms with van der Waals surface area (Å²) >= 11 is 0. The van der Waals surface area contributed by atoms with Crippen LogP contribution in [0.2, 0.25) is 0 Å². The molecule has 0 radical (unpaired) electrons. The average molecular weight is 343 g/mol. The zero-order chi connectivity index (χ0) is 16.6. The van der Waals surface area contributed by atoms with Crippen molar-refractivity contribution in [3.05, 3.63) is 17.9 Å². The van der Waals surface area contributed by atoms with Gasteiger partial charge < -0.3 is 14.9 Å². The minimum Gasteiger partial charge on any atom is -0.464 e. The summed E-state index contributed by atoms with van der Waals surface area (Å²) in [6.45, 7) is 1.74. The molecule has 2 aliphatic heterocycles. The quantitative estimate of drug-likeness (QED) is 0.696. The standard InChI is InChI=1S/C13H17N3O6S/c14-12(17)10-1-2-11(22-10)23(19,20)16-6-4-15(5-7-16)9-3-8-21-13(9)18/h1-2,9H,3-8H2,(H2,14,17)/t9-/m0/s1. The molecule has 2 saturated heterocycles. The monoisotopic (exact) mass is 343 g/mol. The third kappa shape index (κ3) is 2.96. The van der Waals surface area contributed by atoms with E-state index in [1.165, 1.54) is 16.4 Å². The number of ether oxygens (including phenoxy) is 1. The van der Waals surface area contributed by atoms with Crippen LogP contribution in [0.4, 0.5) is 0 Å². The van der Waals surface area contributed by atoms with Crippen molar-refractivity contribution in [3.8, 4) is 0 Å². The van der Waals surface area contributed by atoms with E-state index in [4.69, 9.17) is 14.9 Å². The molecule has 0 saturated carbocycles. The molecule has 2 fully saturated rings. The molecule has 3 heterocycles. The van der Waals surface area contributed by atoms with Gasteiger partial charge in [-0.25, -0.2) is 8.42 Å². The zero-order valence-corrected chi connectivity index (χ0v) is 13.1. The summed E-state index contributed by atoms with van der Waals surface area (Å²) in [6, 6.07) is 2.17. The molecule has 3 rings (SSSR count). The van der Waals surface area contributed by atoms with Gasteiger partial charge in [0.15, 0.2) is 5.76 Å². The molecule has 0 aromatic carbocycles. The van der Waals surface area contributed by atoms with E-state index >= 15 is 0 Å². The van der Waals surface area contributed by atoms with Crippen molar-refractivity contribution in [1.82, 2.24) is 9.21 Å². The summed E-state index contributed by atoms with van der Waals surface area (Å²) in [5, 5.41) is -0.306. The molecular formula is C13H17N3O6S. The lowest BCUT2D eigenvalue weighted by molar-refractivity contribution is -0.142. The van der Waals surface area contributed by atoms with Crippen LogP contribution in [-0.4, -0.2) is 68.3 Å². The van der Waals surface area contributed by atoms with Gasteiger partial charge in [-0.15, -0.1) is 0 Å². The molecule has 1 aromatic rings. The van der Waals surface area contributed by atoms with E-state index < -0.39 is 15.9 Å². The van der Waals surface area contributed by atoms with Crippen LogP contribution in [-0.2, 0) is 19.6 Å². The van der Waals surface area contributed by atoms with Gasteiger partial charge in [-0.3, -0.25) is 14.5 Å². The van der Waals surface area contributed by atoms with Crippen LogP contribution in [0.5, 0.6) is 0 Å². The first kappa shape index (κ1) is 16.0. The lowest BCUT2D eigenvalue weighted by Crippen LogP contribution is -2.52. The molecule has 0 bridgehead atoms. The van der Waals surface area contributed by atoms with E-state index in [-0.39, 0.29) is 36.0 Å². The molecule has 9 nitrogen and oxygen atoms in total. The third-order valence-corrected chi connectivity index (χ3v) is 5.81. The third-order valence-electron chi connectivity index (χ3n) is 4.04. The van der Waals surface area contributed by atoms with E-state index in [1.54, 1.807) is 0 Å². The minimum absolute atomic E-state index is 0.198. The van der Waals surface area contributed by atoms with Crippen molar-refractivity contribution in [3.63, 3.8) is 0 Å². The van der Waals surface area contributed by atoms with Crippen LogP contribution in [0.15, 0.2) is 21.6 Å². The van der Waals surface area contributed by atoms with Crippen molar-refractivity contribution in [2.75, 3.05) is 32.8 Å². The summed E-state index contributed by atoms with van der Waals surface area (Å²) in [5.74, 6) is -1.27. The Kier molecular flexibility index (Phi) is 4.13. The van der Waals surface area contributed by atoms with Gasteiger partial charge in [-0.05, 0) is 12.1 Å². The molecule has 2 aliphatic rings. The van der Waals surface area contributed by atoms with Gasteiger partial charge in [0.1, 0.15) is 6.04 Å². The number of carbonyl (C=O) groups excluding carboxylic acids is 2. The SMILES string of the molecule is NC(=O)c1ccc(S(=O)(=O)N2CCN([C@H]3CCOC3=O)CC2)o1. The van der Waals surface area contributed by atoms with Crippen LogP contribution >= 0.6 is 0 Å². The summed E-state index contributed by atoms with van der Waals surface area (Å²) in [7, 11) is -3.82. The normalized spacial score (nSPS) is 23.8. The van der Waals surface area contributed by atoms with Crippen LogP contribution < -0.4 is 5.73 Å². The highest BCUT2D eigenvalue weighted by Crippen LogP contribution is 2.22. The average Bonchev–Trinajstić information content (AvgIpc) is 3.16. The number of carbonyl (C=O) groups is 2. The first-order valence-electron chi connectivity index (χ1n) is 7.20. The number of hydrogen-bond acceptors (Lipinski definition) is 7. The second kappa shape index (κ2) is 5.95. The smallest absolute Gasteiger partial charge is 0.323 e. The van der Waals surface area contributed by atoms with Crippen molar-refractivity contribution < 1.29 is 27.2 Å². The fourth-order valence-electron chi connectivity index (χ4n) is 2.79. The number of rotatable bonds is 4. The number of amides is 1. The molecule has 126 valence electrons. The molecule has 1 atom stereocenters. The second-order valence-electron chi connectivity index (χ2n) is 5.39. The fourth-order valence-corrected chi connectivity index (χ4v) is 4.12. The highest BCUT2D eigenvalue weighted by Gasteiger charge is 2.37. The number of piperazine rings is 1. The predicted octanol–water partition coefficient (Wildman–Crippen LogP) is -1.000. The Bertz CT molecular complexity index is 720. The van der Waals surface area contributed by atoms with Gasteiger partial charge >= 0.3 is 5.97 Å². The van der Waals surface area contributed by atoms with Crippen molar-refractivity contribution in [2.24, 2.45) is 5.73 Å². The van der Waals surface area contributed by atoms with Gasteiger partial charge in [0.2, 0.25) is 5.09 Å². The molecule has 0 aliphatic carbocycles. The molecule has 0 unspecified atom stereocenters. The maximum Gasteiger partial charge on any atom is 0.323 e. The molecule has 23 heavy (non-hydrogen) atoms. The molecule has 2 N–H and O–H groups in total. The lowest BCUT2D eigenvalue weighted by atomic mass is 10.2. The number of primary amides is 1. The van der Waals surface area contributed by atoms with Crippen molar-refractivity contribution in [2.45, 2.75) is 17.6 Å². The zero-order valence-electron chi connectivity index (χ0n) is 12.3. The lowest BCUT2D eigenvalue weighted by Gasteiger charge is -2.35. The van der Waals surface area contributed by atoms with E-state index in [9.17, 15) is 18.0 Å². The molecule has 1 amide bonds. The highest BCUT2D eigenvalue weighted by atomic mass is 32.2. The Morgan fingerprint density at radius 3 is 2.43 bits per heavy atom. The number of nitrogens with zero attached hydrogens (tertiary/aromatic N) is 2. The first-order valence-corrected chi connectivity index (χ1v) is 8.64. The minimum atomic E-state index is -3.82. The number of hydrogen-bond donors (Lipinski definition) is 1. The van der Waals surface area contributed by atoms with Crippen LogP contribution in [0.3, 0.4) is 0 Å². The van der Waals surface area contributed by atoms with E-state index in [1.807, 2.05) is 4.90 Å². The topological polar surface area (TPSA) is 123 Å². The van der Waals surface area contributed by atoms with Gasteiger partial charge in [-0.2, -0.15) is 4.31 Å². The largest absolute Gasteiger partial charge is 0.464 e. The number of sulfonamides is 1. The van der Waals surface area contributed by atoms with E-state index in [2.05, 4.69) is 0 Å². The number of nitrogens with two attached hydrogens (primary N) is 1. The van der Waals surface area contributed by atoms with Gasteiger partial charge in [0.25, 0.3) is 15.9 Å². The van der Waals surface area contributed by atoms with Gasteiger partial charge in [0, 0.05) is 32.6 Å². The van der Waals surface area contributed by atoms with Crippen LogP contribution in [0.25, 0.3) is 0 Å². The summed E-state index contributed by atoms with van der Waals surface area (Å²) < 4.78 is 36.2. The van der Waals surface area contributed by atoms with Crippen LogP contribution in [0, 0.1) is 0 Å².